The molecule has 1 aromatic carbocycles. The van der Waals surface area contributed by atoms with Gasteiger partial charge in [-0.05, 0) is 37.1 Å². The maximum Gasteiger partial charge on any atom is 0.240 e. The van der Waals surface area contributed by atoms with E-state index >= 15 is 0 Å². The summed E-state index contributed by atoms with van der Waals surface area (Å²) in [5.74, 6) is 0.946. The van der Waals surface area contributed by atoms with Gasteiger partial charge in [-0.1, -0.05) is 19.3 Å². The molecule has 112 valence electrons. The van der Waals surface area contributed by atoms with Crippen molar-refractivity contribution < 1.29 is 9.53 Å². The monoisotopic (exact) mass is 286 g/mol. The highest BCUT2D eigenvalue weighted by Crippen LogP contribution is 2.22. The van der Waals surface area contributed by atoms with Crippen LogP contribution in [0.4, 0.5) is 0 Å². The summed E-state index contributed by atoms with van der Waals surface area (Å²) in [6.07, 6.45) is 7.97. The van der Waals surface area contributed by atoms with Crippen LogP contribution in [0.25, 0.3) is 10.9 Å². The Bertz CT molecular complexity index is 627. The highest BCUT2D eigenvalue weighted by molar-refractivity contribution is 5.84. The lowest BCUT2D eigenvalue weighted by Crippen LogP contribution is -2.38. The number of nitrogens with one attached hydrogen (secondary N) is 1. The van der Waals surface area contributed by atoms with Crippen LogP contribution in [0.1, 0.15) is 32.1 Å². The van der Waals surface area contributed by atoms with E-state index in [2.05, 4.69) is 5.32 Å². The molecule has 0 radical (unpaired) electrons. The average Bonchev–Trinajstić information content (AvgIpc) is 2.90. The minimum atomic E-state index is 0.107. The van der Waals surface area contributed by atoms with Crippen molar-refractivity contribution in [3.63, 3.8) is 0 Å². The quantitative estimate of drug-likeness (QED) is 0.938. The molecule has 21 heavy (non-hydrogen) atoms. The van der Waals surface area contributed by atoms with Crippen molar-refractivity contribution in [1.29, 1.82) is 0 Å². The van der Waals surface area contributed by atoms with Gasteiger partial charge in [0, 0.05) is 23.1 Å². The van der Waals surface area contributed by atoms with E-state index in [1.807, 2.05) is 35.0 Å². The lowest BCUT2D eigenvalue weighted by atomic mass is 9.95. The van der Waals surface area contributed by atoms with Gasteiger partial charge >= 0.3 is 0 Å². The van der Waals surface area contributed by atoms with E-state index in [0.29, 0.717) is 12.6 Å². The fourth-order valence-electron chi connectivity index (χ4n) is 3.12. The van der Waals surface area contributed by atoms with Crippen LogP contribution in [-0.4, -0.2) is 23.6 Å². The molecular weight excluding hydrogens is 264 g/mol. The molecule has 1 aliphatic carbocycles. The van der Waals surface area contributed by atoms with Crippen molar-refractivity contribution in [3.8, 4) is 5.75 Å². The third kappa shape index (κ3) is 3.20. The van der Waals surface area contributed by atoms with E-state index < -0.39 is 0 Å². The summed E-state index contributed by atoms with van der Waals surface area (Å²) in [6, 6.07) is 8.31. The van der Waals surface area contributed by atoms with Gasteiger partial charge in [0.15, 0.2) is 0 Å². The third-order valence-corrected chi connectivity index (χ3v) is 4.26. The van der Waals surface area contributed by atoms with Gasteiger partial charge < -0.3 is 14.6 Å². The number of carbonyl (C=O) groups excluding carboxylic acids is 1. The van der Waals surface area contributed by atoms with Crippen LogP contribution in [0.15, 0.2) is 30.5 Å². The second kappa shape index (κ2) is 6.20. The largest absolute Gasteiger partial charge is 0.497 e. The number of carbonyl (C=O) groups is 1. The molecule has 4 nitrogen and oxygen atoms in total. The maximum atomic E-state index is 12.2. The topological polar surface area (TPSA) is 43.3 Å². The van der Waals surface area contributed by atoms with Crippen LogP contribution >= 0.6 is 0 Å². The molecule has 1 aliphatic rings. The fourth-order valence-corrected chi connectivity index (χ4v) is 3.12. The van der Waals surface area contributed by atoms with Crippen LogP contribution in [0.2, 0.25) is 0 Å². The Morgan fingerprint density at radius 1 is 1.29 bits per heavy atom. The predicted molar refractivity (Wildman–Crippen MR) is 83.5 cm³/mol. The van der Waals surface area contributed by atoms with Gasteiger partial charge in [0.25, 0.3) is 0 Å². The summed E-state index contributed by atoms with van der Waals surface area (Å²) in [6.45, 7) is 0.381. The first-order valence-corrected chi connectivity index (χ1v) is 7.68. The third-order valence-electron chi connectivity index (χ3n) is 4.26. The maximum absolute atomic E-state index is 12.2. The molecule has 0 spiro atoms. The van der Waals surface area contributed by atoms with Crippen molar-refractivity contribution in [2.75, 3.05) is 7.11 Å². The van der Waals surface area contributed by atoms with E-state index in [0.717, 1.165) is 29.5 Å². The number of hydrogen-bond donors (Lipinski definition) is 1. The molecule has 0 unspecified atom stereocenters. The summed E-state index contributed by atoms with van der Waals surface area (Å²) in [5.41, 5.74) is 1.06. The van der Waals surface area contributed by atoms with Gasteiger partial charge in [-0.2, -0.15) is 0 Å². The summed E-state index contributed by atoms with van der Waals surface area (Å²) in [7, 11) is 1.66. The highest BCUT2D eigenvalue weighted by Gasteiger charge is 2.16. The van der Waals surface area contributed by atoms with Crippen molar-refractivity contribution in [2.24, 2.45) is 0 Å². The van der Waals surface area contributed by atoms with Crippen LogP contribution in [0.5, 0.6) is 5.75 Å². The van der Waals surface area contributed by atoms with Crippen molar-refractivity contribution in [2.45, 2.75) is 44.7 Å². The van der Waals surface area contributed by atoms with E-state index in [1.54, 1.807) is 7.11 Å². The number of benzene rings is 1. The van der Waals surface area contributed by atoms with Crippen LogP contribution in [0.3, 0.4) is 0 Å². The zero-order valence-electron chi connectivity index (χ0n) is 12.5. The van der Waals surface area contributed by atoms with Crippen molar-refractivity contribution in [1.82, 2.24) is 9.88 Å². The summed E-state index contributed by atoms with van der Waals surface area (Å²) >= 11 is 0. The van der Waals surface area contributed by atoms with E-state index in [4.69, 9.17) is 4.74 Å². The summed E-state index contributed by atoms with van der Waals surface area (Å²) < 4.78 is 7.22. The minimum Gasteiger partial charge on any atom is -0.497 e. The van der Waals surface area contributed by atoms with Gasteiger partial charge in [0.05, 0.1) is 7.11 Å². The fraction of sp³-hybridized carbons (Fsp3) is 0.471. The van der Waals surface area contributed by atoms with Gasteiger partial charge in [-0.3, -0.25) is 4.79 Å². The number of ether oxygens (including phenoxy) is 1. The van der Waals surface area contributed by atoms with E-state index in [-0.39, 0.29) is 5.91 Å². The molecule has 1 fully saturated rings. The van der Waals surface area contributed by atoms with E-state index in [9.17, 15) is 4.79 Å². The molecule has 4 heteroatoms. The second-order valence-corrected chi connectivity index (χ2v) is 5.77. The Kier molecular flexibility index (Phi) is 4.13. The summed E-state index contributed by atoms with van der Waals surface area (Å²) in [5, 5.41) is 4.26. The molecule has 0 aliphatic heterocycles. The van der Waals surface area contributed by atoms with Crippen LogP contribution in [-0.2, 0) is 11.3 Å². The molecule has 3 rings (SSSR count). The number of hydrogen-bond acceptors (Lipinski definition) is 2. The molecule has 2 aromatic rings. The number of methoxy groups -OCH3 is 1. The average molecular weight is 286 g/mol. The first-order chi connectivity index (χ1) is 10.3. The van der Waals surface area contributed by atoms with Gasteiger partial charge in [0.1, 0.15) is 12.3 Å². The number of rotatable bonds is 4. The molecule has 1 aromatic heterocycles. The van der Waals surface area contributed by atoms with Crippen molar-refractivity contribution in [3.05, 3.63) is 30.5 Å². The Labute approximate surface area is 125 Å². The van der Waals surface area contributed by atoms with Gasteiger partial charge in [0.2, 0.25) is 5.91 Å². The Morgan fingerprint density at radius 3 is 2.86 bits per heavy atom. The Balaban J connectivity index is 1.68. The number of nitrogens with zero attached hydrogens (tertiary/aromatic N) is 1. The summed E-state index contributed by atoms with van der Waals surface area (Å²) in [4.78, 5) is 12.2. The first kappa shape index (κ1) is 14.0. The zero-order chi connectivity index (χ0) is 14.7. The highest BCUT2D eigenvalue weighted by atomic mass is 16.5. The molecule has 1 N–H and O–H groups in total. The standard InChI is InChI=1S/C17H22N2O2/c1-21-15-7-8-16-13(11-15)9-10-19(16)12-17(20)18-14-5-3-2-4-6-14/h7-11,14H,2-6,12H2,1H3,(H,18,20). The lowest BCUT2D eigenvalue weighted by Gasteiger charge is -2.22. The lowest BCUT2D eigenvalue weighted by molar-refractivity contribution is -0.122. The predicted octanol–water partition coefficient (Wildman–Crippen LogP) is 3.10. The zero-order valence-corrected chi connectivity index (χ0v) is 12.5. The Morgan fingerprint density at radius 2 is 2.10 bits per heavy atom. The number of aromatic nitrogens is 1. The van der Waals surface area contributed by atoms with Gasteiger partial charge in [-0.25, -0.2) is 0 Å². The smallest absolute Gasteiger partial charge is 0.240 e. The van der Waals surface area contributed by atoms with Gasteiger partial charge in [-0.15, -0.1) is 0 Å². The SMILES string of the molecule is COc1ccc2c(ccn2CC(=O)NC2CCCCC2)c1. The van der Waals surface area contributed by atoms with Crippen LogP contribution in [0, 0.1) is 0 Å². The molecule has 0 bridgehead atoms. The molecule has 1 saturated carbocycles. The van der Waals surface area contributed by atoms with E-state index in [1.165, 1.54) is 19.3 Å². The minimum absolute atomic E-state index is 0.107. The normalized spacial score (nSPS) is 16.0. The molecule has 1 heterocycles. The molecule has 0 atom stereocenters. The van der Waals surface area contributed by atoms with Crippen molar-refractivity contribution >= 4 is 16.8 Å². The number of fused-ring (bicyclic) bond motifs is 1. The Hall–Kier alpha value is -1.97. The molecule has 0 saturated heterocycles. The van der Waals surface area contributed by atoms with Crippen LogP contribution < -0.4 is 10.1 Å². The number of amides is 1. The molecular formula is C17H22N2O2. The first-order valence-electron chi connectivity index (χ1n) is 7.68. The second-order valence-electron chi connectivity index (χ2n) is 5.77. The molecule has 1 amide bonds.